The van der Waals surface area contributed by atoms with Crippen LogP contribution < -0.4 is 19.5 Å². The second kappa shape index (κ2) is 13.3. The molecular weight excluding hydrogens is 479 g/mol. The summed E-state index contributed by atoms with van der Waals surface area (Å²) >= 11 is 12.4. The molecule has 0 fully saturated rings. The van der Waals surface area contributed by atoms with E-state index in [1.807, 2.05) is 20.8 Å². The van der Waals surface area contributed by atoms with Gasteiger partial charge < -0.3 is 24.4 Å². The van der Waals surface area contributed by atoms with E-state index in [1.165, 1.54) is 19.1 Å². The molecule has 0 aromatic heterocycles. The number of carbonyl (C=O) groups excluding carboxylic acids is 2. The second-order valence-electron chi connectivity index (χ2n) is 7.84. The zero-order valence-corrected chi connectivity index (χ0v) is 21.7. The van der Waals surface area contributed by atoms with Gasteiger partial charge in [0.15, 0.2) is 6.61 Å². The summed E-state index contributed by atoms with van der Waals surface area (Å²) in [5.41, 5.74) is 0.678. The molecule has 7 nitrogen and oxygen atoms in total. The fourth-order valence-electron chi connectivity index (χ4n) is 3.29. The van der Waals surface area contributed by atoms with E-state index >= 15 is 0 Å². The molecule has 0 saturated carbocycles. The summed E-state index contributed by atoms with van der Waals surface area (Å²) in [6.07, 6.45) is 1.20. The van der Waals surface area contributed by atoms with Crippen LogP contribution in [0.4, 0.5) is 0 Å². The molecule has 2 unspecified atom stereocenters. The summed E-state index contributed by atoms with van der Waals surface area (Å²) < 4.78 is 16.3. The maximum atomic E-state index is 13.4. The summed E-state index contributed by atoms with van der Waals surface area (Å²) in [6.45, 7) is 5.61. The van der Waals surface area contributed by atoms with Gasteiger partial charge in [0.05, 0.1) is 14.2 Å². The maximum Gasteiger partial charge on any atom is 0.261 e. The van der Waals surface area contributed by atoms with Crippen molar-refractivity contribution < 1.29 is 23.8 Å². The predicted octanol–water partition coefficient (Wildman–Crippen LogP) is 5.11. The molecule has 2 amide bonds. The first-order valence-electron chi connectivity index (χ1n) is 11.1. The van der Waals surface area contributed by atoms with E-state index in [2.05, 4.69) is 5.32 Å². The summed E-state index contributed by atoms with van der Waals surface area (Å²) in [6, 6.07) is 9.36. The number of amides is 2. The van der Waals surface area contributed by atoms with Crippen molar-refractivity contribution in [2.24, 2.45) is 0 Å². The fraction of sp³-hybridized carbons (Fsp3) is 0.440. The van der Waals surface area contributed by atoms with Crippen molar-refractivity contribution in [3.8, 4) is 17.2 Å². The lowest BCUT2D eigenvalue weighted by molar-refractivity contribution is -0.143. The van der Waals surface area contributed by atoms with Gasteiger partial charge in [0.2, 0.25) is 5.91 Å². The molecule has 2 atom stereocenters. The summed E-state index contributed by atoms with van der Waals surface area (Å²) in [7, 11) is 3.06. The Morgan fingerprint density at radius 2 is 1.59 bits per heavy atom. The van der Waals surface area contributed by atoms with Gasteiger partial charge in [-0.25, -0.2) is 0 Å². The van der Waals surface area contributed by atoms with Gasteiger partial charge in [-0.2, -0.15) is 0 Å². The number of carbonyl (C=O) groups is 2. The highest BCUT2D eigenvalue weighted by Gasteiger charge is 2.30. The van der Waals surface area contributed by atoms with E-state index in [0.29, 0.717) is 39.3 Å². The van der Waals surface area contributed by atoms with Crippen LogP contribution in [-0.2, 0) is 16.1 Å². The number of halogens is 2. The van der Waals surface area contributed by atoms with E-state index in [4.69, 9.17) is 37.4 Å². The number of hydrogen-bond acceptors (Lipinski definition) is 5. The van der Waals surface area contributed by atoms with Crippen molar-refractivity contribution in [1.29, 1.82) is 0 Å². The third kappa shape index (κ3) is 7.71. The summed E-state index contributed by atoms with van der Waals surface area (Å²) in [4.78, 5) is 27.9. The number of benzene rings is 2. The van der Waals surface area contributed by atoms with Gasteiger partial charge in [0.25, 0.3) is 5.91 Å². The van der Waals surface area contributed by atoms with Crippen LogP contribution in [0.1, 0.15) is 39.2 Å². The van der Waals surface area contributed by atoms with Gasteiger partial charge in [-0.3, -0.25) is 9.59 Å². The van der Waals surface area contributed by atoms with Crippen molar-refractivity contribution in [1.82, 2.24) is 10.2 Å². The third-order valence-corrected chi connectivity index (χ3v) is 6.02. The minimum Gasteiger partial charge on any atom is -0.496 e. The average molecular weight is 511 g/mol. The molecule has 2 aromatic rings. The lowest BCUT2D eigenvalue weighted by Crippen LogP contribution is -2.51. The summed E-state index contributed by atoms with van der Waals surface area (Å²) in [5, 5.41) is 3.88. The Morgan fingerprint density at radius 1 is 0.971 bits per heavy atom. The van der Waals surface area contributed by atoms with Gasteiger partial charge >= 0.3 is 0 Å². The molecule has 34 heavy (non-hydrogen) atoms. The molecule has 186 valence electrons. The number of ether oxygens (including phenoxy) is 3. The SMILES string of the molecule is CCC(C)NC(=O)C(CC)N(Cc1ccc(Cl)cc1Cl)C(=O)COc1cc(OC)cc(OC)c1. The number of methoxy groups -OCH3 is 2. The van der Waals surface area contributed by atoms with Gasteiger partial charge in [-0.1, -0.05) is 43.1 Å². The molecule has 0 heterocycles. The Morgan fingerprint density at radius 3 is 2.12 bits per heavy atom. The molecule has 0 aliphatic heterocycles. The number of nitrogens with zero attached hydrogens (tertiary/aromatic N) is 1. The first-order valence-corrected chi connectivity index (χ1v) is 11.9. The number of nitrogens with one attached hydrogen (secondary N) is 1. The van der Waals surface area contributed by atoms with Gasteiger partial charge in [-0.05, 0) is 37.5 Å². The molecule has 9 heteroatoms. The molecule has 0 radical (unpaired) electrons. The standard InChI is InChI=1S/C25H32Cl2N2O5/c1-6-16(3)28-25(31)23(7-2)29(14-17-8-9-18(26)10-22(17)27)24(30)15-34-21-12-19(32-4)11-20(13-21)33-5/h8-13,16,23H,6-7,14-15H2,1-5H3,(H,28,31). The lowest BCUT2D eigenvalue weighted by Gasteiger charge is -2.31. The van der Waals surface area contributed by atoms with Crippen molar-refractivity contribution in [3.05, 3.63) is 52.0 Å². The molecule has 0 saturated heterocycles. The summed E-state index contributed by atoms with van der Waals surface area (Å²) in [5.74, 6) is 0.889. The fourth-order valence-corrected chi connectivity index (χ4v) is 3.75. The molecule has 2 rings (SSSR count). The first kappa shape index (κ1) is 27.6. The van der Waals surface area contributed by atoms with Gasteiger partial charge in [-0.15, -0.1) is 0 Å². The molecule has 0 aliphatic rings. The molecule has 1 N–H and O–H groups in total. The quantitative estimate of drug-likeness (QED) is 0.429. The normalized spacial score (nSPS) is 12.4. The van der Waals surface area contributed by atoms with Crippen LogP contribution in [0.3, 0.4) is 0 Å². The van der Waals surface area contributed by atoms with Crippen LogP contribution in [0, 0.1) is 0 Å². The van der Waals surface area contributed by atoms with E-state index in [9.17, 15) is 9.59 Å². The van der Waals surface area contributed by atoms with E-state index in [0.717, 1.165) is 6.42 Å². The zero-order valence-electron chi connectivity index (χ0n) is 20.2. The predicted molar refractivity (Wildman–Crippen MR) is 134 cm³/mol. The zero-order chi connectivity index (χ0) is 25.3. The Bertz CT molecular complexity index is 964. The smallest absolute Gasteiger partial charge is 0.261 e. The highest BCUT2D eigenvalue weighted by molar-refractivity contribution is 6.35. The highest BCUT2D eigenvalue weighted by Crippen LogP contribution is 2.28. The molecule has 0 aliphatic carbocycles. The number of hydrogen-bond donors (Lipinski definition) is 1. The largest absolute Gasteiger partial charge is 0.496 e. The Balaban J connectivity index is 2.29. The molecule has 0 spiro atoms. The third-order valence-electron chi connectivity index (χ3n) is 5.43. The topological polar surface area (TPSA) is 77.1 Å². The number of rotatable bonds is 12. The van der Waals surface area contributed by atoms with Crippen molar-refractivity contribution in [2.45, 2.75) is 52.2 Å². The van der Waals surface area contributed by atoms with Crippen molar-refractivity contribution >= 4 is 35.0 Å². The van der Waals surface area contributed by atoms with Crippen LogP contribution in [-0.4, -0.2) is 49.6 Å². The Kier molecular flexibility index (Phi) is 10.8. The van der Waals surface area contributed by atoms with Crippen molar-refractivity contribution in [2.75, 3.05) is 20.8 Å². The average Bonchev–Trinajstić information content (AvgIpc) is 2.83. The van der Waals surface area contributed by atoms with Gasteiger partial charge in [0, 0.05) is 40.8 Å². The van der Waals surface area contributed by atoms with Crippen LogP contribution >= 0.6 is 23.2 Å². The van der Waals surface area contributed by atoms with Crippen LogP contribution in [0.2, 0.25) is 10.0 Å². The second-order valence-corrected chi connectivity index (χ2v) is 8.68. The van der Waals surface area contributed by atoms with E-state index in [1.54, 1.807) is 36.4 Å². The Labute approximate surface area is 211 Å². The Hall–Kier alpha value is -2.64. The highest BCUT2D eigenvalue weighted by atomic mass is 35.5. The monoisotopic (exact) mass is 510 g/mol. The molecule has 0 bridgehead atoms. The molecule has 2 aromatic carbocycles. The van der Waals surface area contributed by atoms with E-state index in [-0.39, 0.29) is 31.0 Å². The maximum absolute atomic E-state index is 13.4. The van der Waals surface area contributed by atoms with Crippen LogP contribution in [0.25, 0.3) is 0 Å². The minimum absolute atomic E-state index is 0.0156. The van der Waals surface area contributed by atoms with E-state index < -0.39 is 6.04 Å². The lowest BCUT2D eigenvalue weighted by atomic mass is 10.1. The minimum atomic E-state index is -0.698. The first-order chi connectivity index (χ1) is 16.2. The van der Waals surface area contributed by atoms with Gasteiger partial charge in [0.1, 0.15) is 23.3 Å². The molecular formula is C25H32Cl2N2O5. The van der Waals surface area contributed by atoms with Crippen LogP contribution in [0.5, 0.6) is 17.2 Å². The van der Waals surface area contributed by atoms with Crippen molar-refractivity contribution in [3.63, 3.8) is 0 Å². The van der Waals surface area contributed by atoms with Crippen LogP contribution in [0.15, 0.2) is 36.4 Å².